The lowest BCUT2D eigenvalue weighted by molar-refractivity contribution is -0.385. The van der Waals surface area contributed by atoms with Gasteiger partial charge in [0.15, 0.2) is 11.5 Å². The van der Waals surface area contributed by atoms with E-state index in [1.165, 1.54) is 26.4 Å². The fourth-order valence-electron chi connectivity index (χ4n) is 1.27. The summed E-state index contributed by atoms with van der Waals surface area (Å²) >= 11 is 0. The molecule has 0 unspecified atom stereocenters. The Hall–Kier alpha value is -1.78. The second-order valence-corrected chi connectivity index (χ2v) is 2.70. The molecule has 0 fully saturated rings. The molecule has 0 amide bonds. The van der Waals surface area contributed by atoms with Crippen LogP contribution in [0.25, 0.3) is 0 Å². The molecule has 0 aliphatic heterocycles. The van der Waals surface area contributed by atoms with Gasteiger partial charge in [0.1, 0.15) is 0 Å². The molecular formula is C9H11NO4. The molecule has 0 aromatic heterocycles. The molecule has 5 nitrogen and oxygen atoms in total. The molecule has 0 aliphatic rings. The predicted octanol–water partition coefficient (Wildman–Crippen LogP) is 1.92. The highest BCUT2D eigenvalue weighted by Crippen LogP contribution is 2.35. The lowest BCUT2D eigenvalue weighted by Crippen LogP contribution is -1.97. The molecule has 1 aromatic carbocycles. The first-order valence-corrected chi connectivity index (χ1v) is 3.97. The molecule has 1 aromatic rings. The average molecular weight is 197 g/mol. The predicted molar refractivity (Wildman–Crippen MR) is 50.9 cm³/mol. The van der Waals surface area contributed by atoms with Crippen LogP contribution in [-0.2, 0) is 0 Å². The van der Waals surface area contributed by atoms with Crippen LogP contribution in [0.1, 0.15) is 5.56 Å². The number of rotatable bonds is 3. The maximum Gasteiger partial charge on any atom is 0.276 e. The quantitative estimate of drug-likeness (QED) is 0.548. The summed E-state index contributed by atoms with van der Waals surface area (Å²) in [5.74, 6) is 0.900. The summed E-state index contributed by atoms with van der Waals surface area (Å²) in [7, 11) is 2.94. The SMILES string of the molecule is COc1ccc([N+](=O)[O-])c(C)c1OC. The van der Waals surface area contributed by atoms with Crippen LogP contribution in [0.2, 0.25) is 0 Å². The van der Waals surface area contributed by atoms with E-state index in [0.29, 0.717) is 17.1 Å². The average Bonchev–Trinajstić information content (AvgIpc) is 2.16. The van der Waals surface area contributed by atoms with Gasteiger partial charge in [0, 0.05) is 6.07 Å². The molecule has 76 valence electrons. The lowest BCUT2D eigenvalue weighted by atomic mass is 10.1. The number of benzene rings is 1. The first-order chi connectivity index (χ1) is 6.61. The van der Waals surface area contributed by atoms with Gasteiger partial charge in [0.05, 0.1) is 24.7 Å². The van der Waals surface area contributed by atoms with Crippen molar-refractivity contribution in [3.05, 3.63) is 27.8 Å². The molecule has 0 spiro atoms. The number of nitrogens with zero attached hydrogens (tertiary/aromatic N) is 1. The largest absolute Gasteiger partial charge is 0.493 e. The standard InChI is InChI=1S/C9H11NO4/c1-6-7(10(11)12)4-5-8(13-2)9(6)14-3/h4-5H,1-3H3. The van der Waals surface area contributed by atoms with Crippen LogP contribution in [0, 0.1) is 17.0 Å². The van der Waals surface area contributed by atoms with E-state index < -0.39 is 4.92 Å². The Morgan fingerprint density at radius 2 is 1.93 bits per heavy atom. The molecule has 0 aliphatic carbocycles. The van der Waals surface area contributed by atoms with Crippen LogP contribution >= 0.6 is 0 Å². The van der Waals surface area contributed by atoms with Crippen molar-refractivity contribution >= 4 is 5.69 Å². The summed E-state index contributed by atoms with van der Waals surface area (Å²) in [5.41, 5.74) is 0.500. The second-order valence-electron chi connectivity index (χ2n) is 2.70. The van der Waals surface area contributed by atoms with E-state index in [4.69, 9.17) is 9.47 Å². The third-order valence-corrected chi connectivity index (χ3v) is 1.96. The minimum absolute atomic E-state index is 0.0302. The number of nitro groups is 1. The van der Waals surface area contributed by atoms with E-state index >= 15 is 0 Å². The molecule has 5 heteroatoms. The molecule has 0 heterocycles. The van der Waals surface area contributed by atoms with Crippen LogP contribution in [0.15, 0.2) is 12.1 Å². The summed E-state index contributed by atoms with van der Waals surface area (Å²) in [5, 5.41) is 10.6. The fraction of sp³-hybridized carbons (Fsp3) is 0.333. The Kier molecular flexibility index (Phi) is 2.91. The third-order valence-electron chi connectivity index (χ3n) is 1.96. The Labute approximate surface area is 81.4 Å². The molecule has 1 rings (SSSR count). The molecule has 14 heavy (non-hydrogen) atoms. The molecule has 0 saturated heterocycles. The van der Waals surface area contributed by atoms with E-state index in [1.54, 1.807) is 6.92 Å². The molecule has 0 N–H and O–H groups in total. The zero-order valence-electron chi connectivity index (χ0n) is 8.23. The highest BCUT2D eigenvalue weighted by atomic mass is 16.6. The third kappa shape index (κ3) is 1.61. The van der Waals surface area contributed by atoms with Crippen molar-refractivity contribution in [3.63, 3.8) is 0 Å². The maximum atomic E-state index is 10.6. The summed E-state index contributed by atoms with van der Waals surface area (Å²) in [6.45, 7) is 1.62. The maximum absolute atomic E-state index is 10.6. The lowest BCUT2D eigenvalue weighted by Gasteiger charge is -2.09. The number of hydrogen-bond acceptors (Lipinski definition) is 4. The number of nitro benzene ring substituents is 1. The van der Waals surface area contributed by atoms with Gasteiger partial charge in [-0.25, -0.2) is 0 Å². The van der Waals surface area contributed by atoms with Gasteiger partial charge in [-0.2, -0.15) is 0 Å². The van der Waals surface area contributed by atoms with Crippen molar-refractivity contribution in [2.45, 2.75) is 6.92 Å². The molecule has 0 radical (unpaired) electrons. The summed E-state index contributed by atoms with van der Waals surface area (Å²) in [6.07, 6.45) is 0. The van der Waals surface area contributed by atoms with Crippen molar-refractivity contribution < 1.29 is 14.4 Å². The Balaban J connectivity index is 3.34. The van der Waals surface area contributed by atoms with Crippen LogP contribution in [-0.4, -0.2) is 19.1 Å². The smallest absolute Gasteiger partial charge is 0.276 e. The van der Waals surface area contributed by atoms with Crippen LogP contribution in [0.3, 0.4) is 0 Å². The molecule has 0 saturated carbocycles. The monoisotopic (exact) mass is 197 g/mol. The van der Waals surface area contributed by atoms with E-state index in [2.05, 4.69) is 0 Å². The first-order valence-electron chi connectivity index (χ1n) is 3.97. The van der Waals surface area contributed by atoms with E-state index in [0.717, 1.165) is 0 Å². The number of methoxy groups -OCH3 is 2. The van der Waals surface area contributed by atoms with Gasteiger partial charge in [-0.1, -0.05) is 0 Å². The van der Waals surface area contributed by atoms with Gasteiger partial charge in [0.2, 0.25) is 0 Å². The Bertz CT molecular complexity index is 362. The van der Waals surface area contributed by atoms with Gasteiger partial charge in [-0.05, 0) is 13.0 Å². The van der Waals surface area contributed by atoms with Gasteiger partial charge in [0.25, 0.3) is 5.69 Å². The minimum Gasteiger partial charge on any atom is -0.493 e. The van der Waals surface area contributed by atoms with Crippen LogP contribution < -0.4 is 9.47 Å². The Morgan fingerprint density at radius 3 is 2.36 bits per heavy atom. The zero-order chi connectivity index (χ0) is 10.7. The fourth-order valence-corrected chi connectivity index (χ4v) is 1.27. The van der Waals surface area contributed by atoms with Crippen molar-refractivity contribution in [3.8, 4) is 11.5 Å². The van der Waals surface area contributed by atoms with Gasteiger partial charge in [-0.3, -0.25) is 10.1 Å². The second kappa shape index (κ2) is 3.95. The summed E-state index contributed by atoms with van der Waals surface area (Å²) in [6, 6.07) is 2.92. The van der Waals surface area contributed by atoms with E-state index in [9.17, 15) is 10.1 Å². The Morgan fingerprint density at radius 1 is 1.29 bits per heavy atom. The van der Waals surface area contributed by atoms with Crippen LogP contribution in [0.5, 0.6) is 11.5 Å². The normalized spacial score (nSPS) is 9.64. The number of hydrogen-bond donors (Lipinski definition) is 0. The first kappa shape index (κ1) is 10.3. The minimum atomic E-state index is -0.447. The zero-order valence-corrected chi connectivity index (χ0v) is 8.23. The van der Waals surface area contributed by atoms with Gasteiger partial charge < -0.3 is 9.47 Å². The van der Waals surface area contributed by atoms with Crippen LogP contribution in [0.4, 0.5) is 5.69 Å². The van der Waals surface area contributed by atoms with Crippen molar-refractivity contribution in [1.82, 2.24) is 0 Å². The summed E-state index contributed by atoms with van der Waals surface area (Å²) < 4.78 is 10.0. The molecule has 0 atom stereocenters. The van der Waals surface area contributed by atoms with E-state index in [1.807, 2.05) is 0 Å². The van der Waals surface area contributed by atoms with Gasteiger partial charge >= 0.3 is 0 Å². The molecular weight excluding hydrogens is 186 g/mol. The van der Waals surface area contributed by atoms with E-state index in [-0.39, 0.29) is 5.69 Å². The highest BCUT2D eigenvalue weighted by Gasteiger charge is 2.18. The topological polar surface area (TPSA) is 61.6 Å². The molecule has 0 bridgehead atoms. The van der Waals surface area contributed by atoms with Crippen molar-refractivity contribution in [2.24, 2.45) is 0 Å². The summed E-state index contributed by atoms with van der Waals surface area (Å²) in [4.78, 5) is 10.2. The number of ether oxygens (including phenoxy) is 2. The van der Waals surface area contributed by atoms with Gasteiger partial charge in [-0.15, -0.1) is 0 Å². The van der Waals surface area contributed by atoms with Crippen molar-refractivity contribution in [2.75, 3.05) is 14.2 Å². The van der Waals surface area contributed by atoms with Crippen molar-refractivity contribution in [1.29, 1.82) is 0 Å². The highest BCUT2D eigenvalue weighted by molar-refractivity contribution is 5.56.